The van der Waals surface area contributed by atoms with Crippen LogP contribution in [0.2, 0.25) is 0 Å². The van der Waals surface area contributed by atoms with E-state index in [1.807, 2.05) is 6.07 Å². The van der Waals surface area contributed by atoms with Crippen molar-refractivity contribution >= 4 is 32.7 Å². The molecule has 1 aromatic rings. The Morgan fingerprint density at radius 3 is 2.10 bits per heavy atom. The van der Waals surface area contributed by atoms with Crippen LogP contribution in [0.15, 0.2) is 35.2 Å². The Hall–Kier alpha value is 0.330. The van der Waals surface area contributed by atoms with E-state index in [4.69, 9.17) is 4.55 Å². The Bertz CT molecular complexity index is 254. The first-order valence-electron chi connectivity index (χ1n) is 2.96. The number of hydrogen-bond donors (Lipinski definition) is 2. The van der Waals surface area contributed by atoms with Gasteiger partial charge in [0.2, 0.25) is 0 Å². The van der Waals surface area contributed by atoms with Gasteiger partial charge >= 0.3 is 76.7 Å². The van der Waals surface area contributed by atoms with Crippen molar-refractivity contribution < 1.29 is 8.76 Å². The zero-order valence-electron chi connectivity index (χ0n) is 5.69. The Kier molecular flexibility index (Phi) is 2.66. The molecule has 1 N–H and O–H groups in total. The Labute approximate surface area is 76.3 Å². The van der Waals surface area contributed by atoms with Crippen molar-refractivity contribution in [2.24, 2.45) is 0 Å². The molecule has 0 aliphatic heterocycles. The predicted octanol–water partition coefficient (Wildman–Crippen LogP) is 0.619. The first-order chi connectivity index (χ1) is 4.61. The summed E-state index contributed by atoms with van der Waals surface area (Å²) in [5.41, 5.74) is 0. The summed E-state index contributed by atoms with van der Waals surface area (Å²) >= 11 is 0.327. The molecule has 0 bridgehead atoms. The summed E-state index contributed by atoms with van der Waals surface area (Å²) in [4.78, 5) is 0.571. The molecule has 2 nitrogen and oxygen atoms in total. The maximum atomic E-state index is 11.0. The molecule has 4 heteroatoms. The molecule has 0 unspecified atom stereocenters. The summed E-state index contributed by atoms with van der Waals surface area (Å²) in [5.74, 6) is 0. The average molecular weight is 166 g/mol. The molecule has 0 amide bonds. The van der Waals surface area contributed by atoms with Crippen LogP contribution in [0.5, 0.6) is 0 Å². The topological polar surface area (TPSA) is 37.3 Å². The predicted molar refractivity (Wildman–Crippen MR) is 42.6 cm³/mol. The van der Waals surface area contributed by atoms with Gasteiger partial charge in [0.05, 0.1) is 0 Å². The quantitative estimate of drug-likeness (QED) is 0.474. The summed E-state index contributed by atoms with van der Waals surface area (Å²) in [5, 5.41) is 0. The number of rotatable bonds is 1. The van der Waals surface area contributed by atoms with Crippen molar-refractivity contribution in [2.75, 3.05) is 0 Å². The molecule has 50 valence electrons. The maximum absolute atomic E-state index is 11.0. The molecule has 0 aliphatic carbocycles. The van der Waals surface area contributed by atoms with E-state index < -0.39 is 6.34 Å². The van der Waals surface area contributed by atoms with Gasteiger partial charge in [-0.15, -0.1) is 0 Å². The summed E-state index contributed by atoms with van der Waals surface area (Å²) in [6, 6.07) is 8.76. The molecule has 1 rings (SSSR count). The first kappa shape index (κ1) is 8.43. The fourth-order valence-electron chi connectivity index (χ4n) is 0.705. The average Bonchev–Trinajstić information content (AvgIpc) is 1.88. The van der Waals surface area contributed by atoms with Crippen LogP contribution < -0.4 is 0 Å². The SMILES string of the molecule is O=[SH](O)([Na])c1ccccc1. The van der Waals surface area contributed by atoms with Crippen molar-refractivity contribution in [3.05, 3.63) is 30.3 Å². The monoisotopic (exact) mass is 166 g/mol. The zero-order chi connectivity index (χ0) is 7.61. The van der Waals surface area contributed by atoms with Gasteiger partial charge in [0.25, 0.3) is 0 Å². The van der Waals surface area contributed by atoms with Crippen LogP contribution in [-0.4, -0.2) is 35.1 Å². The Balaban J connectivity index is 3.09. The number of hydrogen-bond acceptors (Lipinski definition) is 1. The Morgan fingerprint density at radius 2 is 1.80 bits per heavy atom. The van der Waals surface area contributed by atoms with Crippen LogP contribution in [0.3, 0.4) is 0 Å². The van der Waals surface area contributed by atoms with Crippen molar-refractivity contribution in [1.29, 1.82) is 0 Å². The third-order valence-electron chi connectivity index (χ3n) is 1.24. The van der Waals surface area contributed by atoms with E-state index in [0.29, 0.717) is 31.2 Å². The summed E-state index contributed by atoms with van der Waals surface area (Å²) in [6.07, 6.45) is -2.88. The second kappa shape index (κ2) is 3.15. The van der Waals surface area contributed by atoms with Crippen molar-refractivity contribution in [2.45, 2.75) is 4.90 Å². The fraction of sp³-hybridized carbons (Fsp3) is 0. The van der Waals surface area contributed by atoms with Gasteiger partial charge in [0.1, 0.15) is 0 Å². The molecule has 0 saturated carbocycles. The third-order valence-corrected chi connectivity index (χ3v) is 4.04. The van der Waals surface area contributed by atoms with Gasteiger partial charge in [0, 0.05) is 0 Å². The molecule has 0 spiro atoms. The molecule has 10 heavy (non-hydrogen) atoms. The van der Waals surface area contributed by atoms with Gasteiger partial charge < -0.3 is 0 Å². The molecular formula is C6H7NaO2S. The number of benzene rings is 1. The van der Waals surface area contributed by atoms with Crippen LogP contribution in [-0.2, 0) is 6.34 Å². The summed E-state index contributed by atoms with van der Waals surface area (Å²) in [7, 11) is 0. The second-order valence-corrected chi connectivity index (χ2v) is 8.13. The minimum atomic E-state index is -2.88. The van der Waals surface area contributed by atoms with E-state index >= 15 is 0 Å². The summed E-state index contributed by atoms with van der Waals surface area (Å²) < 4.78 is 20.1. The Morgan fingerprint density at radius 1 is 1.30 bits per heavy atom. The standard InChI is InChI=1S/C6H7O2S.Na/c7-9(8)6-4-2-1-3-5-6;/h1-5,9H,(H,7,8);. The molecule has 0 aliphatic rings. The van der Waals surface area contributed by atoms with Gasteiger partial charge in [-0.05, 0) is 0 Å². The molecule has 0 radical (unpaired) electrons. The van der Waals surface area contributed by atoms with E-state index in [1.54, 1.807) is 24.3 Å². The van der Waals surface area contributed by atoms with E-state index in [1.165, 1.54) is 0 Å². The molecule has 0 atom stereocenters. The zero-order valence-corrected chi connectivity index (χ0v) is 8.58. The minimum absolute atomic E-state index is 0.327. The van der Waals surface area contributed by atoms with Crippen LogP contribution in [0.4, 0.5) is 0 Å². The second-order valence-electron chi connectivity index (χ2n) is 2.21. The molecule has 1 aromatic carbocycles. The van der Waals surface area contributed by atoms with Crippen molar-refractivity contribution in [3.63, 3.8) is 0 Å². The van der Waals surface area contributed by atoms with E-state index in [9.17, 15) is 4.21 Å². The van der Waals surface area contributed by atoms with Gasteiger partial charge in [-0.1, -0.05) is 0 Å². The number of thiol groups is 1. The van der Waals surface area contributed by atoms with Gasteiger partial charge in [-0.3, -0.25) is 0 Å². The normalized spacial score (nSPS) is 13.1. The van der Waals surface area contributed by atoms with Crippen LogP contribution >= 0.6 is 0 Å². The molecule has 0 heterocycles. The molecular weight excluding hydrogens is 159 g/mol. The van der Waals surface area contributed by atoms with Gasteiger partial charge in [-0.2, -0.15) is 0 Å². The molecule has 0 fully saturated rings. The van der Waals surface area contributed by atoms with Crippen molar-refractivity contribution in [3.8, 4) is 0 Å². The van der Waals surface area contributed by atoms with E-state index in [0.717, 1.165) is 0 Å². The van der Waals surface area contributed by atoms with Gasteiger partial charge in [0.15, 0.2) is 0 Å². The van der Waals surface area contributed by atoms with Crippen LogP contribution in [0.25, 0.3) is 0 Å². The third kappa shape index (κ3) is 2.18. The van der Waals surface area contributed by atoms with Crippen molar-refractivity contribution in [1.82, 2.24) is 0 Å². The van der Waals surface area contributed by atoms with E-state index in [-0.39, 0.29) is 0 Å². The summed E-state index contributed by atoms with van der Waals surface area (Å²) in [6.45, 7) is 0. The molecule has 0 saturated heterocycles. The fourth-order valence-corrected chi connectivity index (χ4v) is 2.32. The van der Waals surface area contributed by atoms with Gasteiger partial charge in [-0.25, -0.2) is 0 Å². The van der Waals surface area contributed by atoms with E-state index in [2.05, 4.69) is 0 Å². The van der Waals surface area contributed by atoms with Crippen LogP contribution in [0, 0.1) is 0 Å². The first-order valence-corrected chi connectivity index (χ1v) is 7.75. The van der Waals surface area contributed by atoms with Crippen LogP contribution in [0.1, 0.15) is 0 Å². The molecule has 0 aromatic heterocycles.